The standard InChI is InChI=1S/C14H25N3OS/c1-10(2)5-12(7-15)6-14(18)17(4)8-13-11(3)16-9-19-13/h9-10,12H,5-8,15H2,1-4H3/t12-/m0/s1. The third-order valence-electron chi connectivity index (χ3n) is 3.25. The van der Waals surface area contributed by atoms with Gasteiger partial charge < -0.3 is 10.6 Å². The summed E-state index contributed by atoms with van der Waals surface area (Å²) in [5.74, 6) is 1.04. The predicted molar refractivity (Wildman–Crippen MR) is 79.9 cm³/mol. The van der Waals surface area contributed by atoms with Crippen LogP contribution in [0.25, 0.3) is 0 Å². The van der Waals surface area contributed by atoms with Gasteiger partial charge in [-0.25, -0.2) is 4.98 Å². The molecule has 108 valence electrons. The first-order valence-corrected chi connectivity index (χ1v) is 7.65. The lowest BCUT2D eigenvalue weighted by atomic mass is 9.94. The quantitative estimate of drug-likeness (QED) is 0.836. The molecule has 0 aliphatic carbocycles. The molecule has 1 atom stereocenters. The highest BCUT2D eigenvalue weighted by Crippen LogP contribution is 2.18. The molecule has 0 aromatic carbocycles. The van der Waals surface area contributed by atoms with E-state index >= 15 is 0 Å². The summed E-state index contributed by atoms with van der Waals surface area (Å²) in [6, 6.07) is 0. The molecule has 0 unspecified atom stereocenters. The fourth-order valence-corrected chi connectivity index (χ4v) is 2.94. The number of aromatic nitrogens is 1. The molecule has 0 aliphatic heterocycles. The maximum Gasteiger partial charge on any atom is 0.222 e. The van der Waals surface area contributed by atoms with E-state index in [-0.39, 0.29) is 11.8 Å². The highest BCUT2D eigenvalue weighted by atomic mass is 32.1. The molecule has 0 aliphatic rings. The summed E-state index contributed by atoms with van der Waals surface area (Å²) in [7, 11) is 1.85. The van der Waals surface area contributed by atoms with E-state index in [2.05, 4.69) is 18.8 Å². The lowest BCUT2D eigenvalue weighted by molar-refractivity contribution is -0.131. The second-order valence-corrected chi connectivity index (χ2v) is 6.49. The van der Waals surface area contributed by atoms with Crippen LogP contribution in [-0.2, 0) is 11.3 Å². The molecular formula is C14H25N3OS. The second kappa shape index (κ2) is 7.60. The molecule has 5 heteroatoms. The summed E-state index contributed by atoms with van der Waals surface area (Å²) in [6.45, 7) is 7.53. The number of nitrogens with zero attached hydrogens (tertiary/aromatic N) is 2. The number of hydrogen-bond donors (Lipinski definition) is 1. The minimum Gasteiger partial charge on any atom is -0.341 e. The van der Waals surface area contributed by atoms with E-state index in [1.54, 1.807) is 16.2 Å². The highest BCUT2D eigenvalue weighted by molar-refractivity contribution is 7.09. The van der Waals surface area contributed by atoms with Crippen molar-refractivity contribution >= 4 is 17.2 Å². The summed E-state index contributed by atoms with van der Waals surface area (Å²) < 4.78 is 0. The van der Waals surface area contributed by atoms with E-state index in [9.17, 15) is 4.79 Å². The van der Waals surface area contributed by atoms with Gasteiger partial charge in [0.25, 0.3) is 0 Å². The van der Waals surface area contributed by atoms with Crippen molar-refractivity contribution in [2.75, 3.05) is 13.6 Å². The SMILES string of the molecule is Cc1ncsc1CN(C)C(=O)C[C@@H](CN)CC(C)C. The number of nitrogens with two attached hydrogens (primary N) is 1. The van der Waals surface area contributed by atoms with Gasteiger partial charge in [0.2, 0.25) is 5.91 Å². The van der Waals surface area contributed by atoms with Crippen LogP contribution in [0.3, 0.4) is 0 Å². The third-order valence-corrected chi connectivity index (χ3v) is 4.17. The normalized spacial score (nSPS) is 12.7. The van der Waals surface area contributed by atoms with E-state index in [4.69, 9.17) is 5.73 Å². The Balaban J connectivity index is 2.50. The molecule has 19 heavy (non-hydrogen) atoms. The van der Waals surface area contributed by atoms with Crippen molar-refractivity contribution in [1.29, 1.82) is 0 Å². The first-order valence-electron chi connectivity index (χ1n) is 6.77. The number of thiazole rings is 1. The molecule has 1 rings (SSSR count). The predicted octanol–water partition coefficient (Wildman–Crippen LogP) is 2.42. The minimum absolute atomic E-state index is 0.170. The molecule has 4 nitrogen and oxygen atoms in total. The maximum absolute atomic E-state index is 12.2. The zero-order valence-electron chi connectivity index (χ0n) is 12.3. The number of rotatable bonds is 7. The van der Waals surface area contributed by atoms with Gasteiger partial charge in [-0.15, -0.1) is 11.3 Å². The largest absolute Gasteiger partial charge is 0.341 e. The fraction of sp³-hybridized carbons (Fsp3) is 0.714. The lowest BCUT2D eigenvalue weighted by Gasteiger charge is -2.21. The number of hydrogen-bond acceptors (Lipinski definition) is 4. The summed E-state index contributed by atoms with van der Waals surface area (Å²) in [4.78, 5) is 19.3. The Bertz CT molecular complexity index is 403. The zero-order valence-corrected chi connectivity index (χ0v) is 13.2. The van der Waals surface area contributed by atoms with Gasteiger partial charge >= 0.3 is 0 Å². The smallest absolute Gasteiger partial charge is 0.222 e. The summed E-state index contributed by atoms with van der Waals surface area (Å²) in [6.07, 6.45) is 1.55. The zero-order chi connectivity index (χ0) is 14.4. The van der Waals surface area contributed by atoms with Gasteiger partial charge in [0.05, 0.1) is 17.7 Å². The van der Waals surface area contributed by atoms with Gasteiger partial charge in [-0.1, -0.05) is 13.8 Å². The van der Waals surface area contributed by atoms with Gasteiger partial charge in [-0.2, -0.15) is 0 Å². The molecule has 0 saturated carbocycles. The van der Waals surface area contributed by atoms with E-state index in [0.717, 1.165) is 17.0 Å². The Labute approximate surface area is 120 Å². The van der Waals surface area contributed by atoms with E-state index in [0.29, 0.717) is 25.4 Å². The molecular weight excluding hydrogens is 258 g/mol. The van der Waals surface area contributed by atoms with Gasteiger partial charge in [-0.3, -0.25) is 4.79 Å². The second-order valence-electron chi connectivity index (χ2n) is 5.55. The Hall–Kier alpha value is -0.940. The van der Waals surface area contributed by atoms with E-state index in [1.165, 1.54) is 0 Å². The van der Waals surface area contributed by atoms with Gasteiger partial charge in [0.1, 0.15) is 0 Å². The monoisotopic (exact) mass is 283 g/mol. The molecule has 1 aromatic rings. The number of carbonyl (C=O) groups is 1. The first kappa shape index (κ1) is 16.1. The Kier molecular flexibility index (Phi) is 6.45. The molecule has 1 heterocycles. The van der Waals surface area contributed by atoms with Crippen molar-refractivity contribution in [2.45, 2.75) is 40.2 Å². The van der Waals surface area contributed by atoms with Gasteiger partial charge in [0.15, 0.2) is 0 Å². The van der Waals surface area contributed by atoms with Crippen LogP contribution in [0.4, 0.5) is 0 Å². The highest BCUT2D eigenvalue weighted by Gasteiger charge is 2.18. The van der Waals surface area contributed by atoms with E-state index < -0.39 is 0 Å². The Morgan fingerprint density at radius 2 is 2.21 bits per heavy atom. The van der Waals surface area contributed by atoms with Crippen molar-refractivity contribution < 1.29 is 4.79 Å². The van der Waals surface area contributed by atoms with Crippen LogP contribution in [0.15, 0.2) is 5.51 Å². The van der Waals surface area contributed by atoms with Crippen LogP contribution in [0, 0.1) is 18.8 Å². The molecule has 0 bridgehead atoms. The van der Waals surface area contributed by atoms with Crippen molar-refractivity contribution in [3.8, 4) is 0 Å². The van der Waals surface area contributed by atoms with Crippen LogP contribution in [0.5, 0.6) is 0 Å². The van der Waals surface area contributed by atoms with Crippen molar-refractivity contribution in [3.63, 3.8) is 0 Å². The number of aryl methyl sites for hydroxylation is 1. The van der Waals surface area contributed by atoms with Crippen LogP contribution >= 0.6 is 11.3 Å². The Morgan fingerprint density at radius 1 is 1.53 bits per heavy atom. The average molecular weight is 283 g/mol. The molecule has 1 aromatic heterocycles. The Morgan fingerprint density at radius 3 is 2.68 bits per heavy atom. The summed E-state index contributed by atoms with van der Waals surface area (Å²) in [5.41, 5.74) is 8.59. The molecule has 0 saturated heterocycles. The van der Waals surface area contributed by atoms with Crippen LogP contribution in [0.2, 0.25) is 0 Å². The first-order chi connectivity index (χ1) is 8.93. The molecule has 2 N–H and O–H groups in total. The fourth-order valence-electron chi connectivity index (χ4n) is 2.11. The minimum atomic E-state index is 0.170. The van der Waals surface area contributed by atoms with Gasteiger partial charge in [-0.05, 0) is 31.7 Å². The van der Waals surface area contributed by atoms with Crippen LogP contribution < -0.4 is 5.73 Å². The van der Waals surface area contributed by atoms with Crippen LogP contribution in [0.1, 0.15) is 37.3 Å². The number of amides is 1. The molecule has 0 spiro atoms. The molecule has 0 radical (unpaired) electrons. The van der Waals surface area contributed by atoms with Crippen LogP contribution in [-0.4, -0.2) is 29.4 Å². The topological polar surface area (TPSA) is 59.2 Å². The summed E-state index contributed by atoms with van der Waals surface area (Å²) in [5, 5.41) is 0. The van der Waals surface area contributed by atoms with Gasteiger partial charge in [0, 0.05) is 18.3 Å². The van der Waals surface area contributed by atoms with Crippen molar-refractivity contribution in [3.05, 3.63) is 16.1 Å². The van der Waals surface area contributed by atoms with Crippen molar-refractivity contribution in [2.24, 2.45) is 17.6 Å². The summed E-state index contributed by atoms with van der Waals surface area (Å²) >= 11 is 1.60. The molecule has 1 amide bonds. The lowest BCUT2D eigenvalue weighted by Crippen LogP contribution is -2.30. The number of carbonyl (C=O) groups excluding carboxylic acids is 1. The molecule has 0 fully saturated rings. The third kappa shape index (κ3) is 5.28. The average Bonchev–Trinajstić information content (AvgIpc) is 2.73. The van der Waals surface area contributed by atoms with E-state index in [1.807, 2.05) is 19.5 Å². The van der Waals surface area contributed by atoms with Crippen molar-refractivity contribution in [1.82, 2.24) is 9.88 Å². The maximum atomic E-state index is 12.2.